The van der Waals surface area contributed by atoms with Gasteiger partial charge >= 0.3 is 0 Å². The number of amides is 1. The average molecular weight is 437 g/mol. The molecule has 2 aromatic rings. The highest BCUT2D eigenvalue weighted by molar-refractivity contribution is 6.30. The summed E-state index contributed by atoms with van der Waals surface area (Å²) < 4.78 is 11.0. The molecule has 0 saturated carbocycles. The smallest absolute Gasteiger partial charge is 0.257 e. The summed E-state index contributed by atoms with van der Waals surface area (Å²) in [4.78, 5) is 16.6. The maximum atomic E-state index is 12.4. The van der Waals surface area contributed by atoms with E-state index in [-0.39, 0.29) is 30.7 Å². The summed E-state index contributed by atoms with van der Waals surface area (Å²) >= 11 is 5.85. The van der Waals surface area contributed by atoms with Gasteiger partial charge in [-0.2, -0.15) is 0 Å². The van der Waals surface area contributed by atoms with Gasteiger partial charge in [0, 0.05) is 37.7 Å². The first-order valence-corrected chi connectivity index (χ1v) is 8.71. The van der Waals surface area contributed by atoms with Crippen molar-refractivity contribution in [2.45, 2.75) is 6.54 Å². The number of hydrogen-bond donors (Lipinski definition) is 1. The number of carbonyl (C=O) groups excluding carboxylic acids is 1. The quantitative estimate of drug-likeness (QED) is 0.753. The molecule has 1 amide bonds. The number of ether oxygens (including phenoxy) is 1. The van der Waals surface area contributed by atoms with Crippen LogP contribution in [0.15, 0.2) is 41.0 Å². The Hall–Kier alpha value is -1.44. The maximum Gasteiger partial charge on any atom is 0.257 e. The number of nitrogens with two attached hydrogens (primary N) is 1. The minimum Gasteiger partial charge on any atom is -0.492 e. The molecule has 27 heavy (non-hydrogen) atoms. The van der Waals surface area contributed by atoms with Crippen molar-refractivity contribution >= 4 is 42.3 Å². The van der Waals surface area contributed by atoms with Crippen LogP contribution in [0.2, 0.25) is 5.02 Å². The van der Waals surface area contributed by atoms with Gasteiger partial charge in [0.1, 0.15) is 24.4 Å². The second-order valence-electron chi connectivity index (χ2n) is 5.94. The van der Waals surface area contributed by atoms with Crippen LogP contribution in [0.25, 0.3) is 0 Å². The highest BCUT2D eigenvalue weighted by Crippen LogP contribution is 2.16. The third-order valence-corrected chi connectivity index (χ3v) is 4.50. The van der Waals surface area contributed by atoms with E-state index in [1.165, 1.54) is 6.26 Å². The van der Waals surface area contributed by atoms with Gasteiger partial charge in [0.25, 0.3) is 5.91 Å². The monoisotopic (exact) mass is 435 g/mol. The molecular weight excluding hydrogens is 413 g/mol. The van der Waals surface area contributed by atoms with Crippen LogP contribution in [0.5, 0.6) is 5.75 Å². The van der Waals surface area contributed by atoms with Crippen molar-refractivity contribution in [3.8, 4) is 5.75 Å². The minimum absolute atomic E-state index is 0. The molecule has 9 heteroatoms. The topological polar surface area (TPSA) is 71.9 Å². The van der Waals surface area contributed by atoms with Crippen LogP contribution >= 0.6 is 36.4 Å². The lowest BCUT2D eigenvalue weighted by atomic mass is 10.2. The van der Waals surface area contributed by atoms with E-state index >= 15 is 0 Å². The summed E-state index contributed by atoms with van der Waals surface area (Å²) in [6, 6.07) is 9.06. The normalized spacial score (nSPS) is 14.2. The van der Waals surface area contributed by atoms with Gasteiger partial charge in [-0.15, -0.1) is 24.8 Å². The lowest BCUT2D eigenvalue weighted by Crippen LogP contribution is -2.49. The summed E-state index contributed by atoms with van der Waals surface area (Å²) in [6.07, 6.45) is 1.48. The first kappa shape index (κ1) is 23.6. The fraction of sp³-hybridized carbons (Fsp3) is 0.389. The summed E-state index contributed by atoms with van der Waals surface area (Å²) in [6.45, 7) is 4.79. The summed E-state index contributed by atoms with van der Waals surface area (Å²) in [5, 5.41) is 0.698. The van der Waals surface area contributed by atoms with Gasteiger partial charge in [0.2, 0.25) is 0 Å². The van der Waals surface area contributed by atoms with Gasteiger partial charge < -0.3 is 19.8 Å². The molecule has 0 unspecified atom stereocenters. The summed E-state index contributed by atoms with van der Waals surface area (Å²) in [7, 11) is 0. The van der Waals surface area contributed by atoms with E-state index < -0.39 is 0 Å². The molecule has 1 aromatic carbocycles. The third-order valence-electron chi connectivity index (χ3n) is 4.25. The summed E-state index contributed by atoms with van der Waals surface area (Å²) in [5.74, 6) is 1.44. The Bertz CT molecular complexity index is 701. The minimum atomic E-state index is 0. The van der Waals surface area contributed by atoms with E-state index in [9.17, 15) is 4.79 Å². The van der Waals surface area contributed by atoms with Gasteiger partial charge in [-0.25, -0.2) is 0 Å². The molecule has 150 valence electrons. The van der Waals surface area contributed by atoms with E-state index in [0.717, 1.165) is 25.4 Å². The number of piperazine rings is 1. The molecule has 0 bridgehead atoms. The number of hydrogen-bond acceptors (Lipinski definition) is 5. The van der Waals surface area contributed by atoms with Crippen LogP contribution in [0.3, 0.4) is 0 Å². The molecule has 1 aliphatic rings. The molecule has 0 atom stereocenters. The lowest BCUT2D eigenvalue weighted by molar-refractivity contribution is 0.0619. The van der Waals surface area contributed by atoms with Crippen molar-refractivity contribution in [2.24, 2.45) is 5.73 Å². The molecule has 0 spiro atoms. The molecule has 1 aliphatic heterocycles. The van der Waals surface area contributed by atoms with E-state index in [1.807, 2.05) is 29.2 Å². The Balaban J connectivity index is 0.00000182. The van der Waals surface area contributed by atoms with Crippen LogP contribution in [0.4, 0.5) is 0 Å². The number of halogens is 3. The zero-order chi connectivity index (χ0) is 17.6. The molecular formula is C18H24Cl3N3O3. The van der Waals surface area contributed by atoms with Crippen LogP contribution < -0.4 is 10.5 Å². The predicted molar refractivity (Wildman–Crippen MR) is 110 cm³/mol. The van der Waals surface area contributed by atoms with E-state index in [2.05, 4.69) is 4.90 Å². The number of rotatable bonds is 6. The van der Waals surface area contributed by atoms with Crippen LogP contribution in [-0.4, -0.2) is 55.0 Å². The van der Waals surface area contributed by atoms with Crippen molar-refractivity contribution in [3.63, 3.8) is 0 Å². The number of benzene rings is 1. The highest BCUT2D eigenvalue weighted by atomic mass is 35.5. The van der Waals surface area contributed by atoms with Gasteiger partial charge in [0.05, 0.1) is 12.1 Å². The average Bonchev–Trinajstić information content (AvgIpc) is 3.13. The Morgan fingerprint density at radius 2 is 1.81 bits per heavy atom. The second-order valence-corrected chi connectivity index (χ2v) is 6.38. The number of nitrogens with zero attached hydrogens (tertiary/aromatic N) is 2. The van der Waals surface area contributed by atoms with Crippen molar-refractivity contribution in [1.82, 2.24) is 9.80 Å². The predicted octanol–water partition coefficient (Wildman–Crippen LogP) is 3.07. The molecule has 1 fully saturated rings. The zero-order valence-electron chi connectivity index (χ0n) is 14.8. The van der Waals surface area contributed by atoms with Crippen LogP contribution in [-0.2, 0) is 6.54 Å². The summed E-state index contributed by atoms with van der Waals surface area (Å²) in [5.41, 5.74) is 6.08. The van der Waals surface area contributed by atoms with Crippen molar-refractivity contribution in [3.05, 3.63) is 52.9 Å². The molecule has 0 radical (unpaired) electrons. The molecule has 0 aliphatic carbocycles. The molecule has 3 rings (SSSR count). The van der Waals surface area contributed by atoms with Crippen molar-refractivity contribution in [1.29, 1.82) is 0 Å². The first-order valence-electron chi connectivity index (χ1n) is 8.33. The third kappa shape index (κ3) is 6.59. The number of carbonyl (C=O) groups is 1. The maximum absolute atomic E-state index is 12.4. The van der Waals surface area contributed by atoms with Gasteiger partial charge in [-0.05, 0) is 30.3 Å². The van der Waals surface area contributed by atoms with Gasteiger partial charge in [-0.3, -0.25) is 9.69 Å². The van der Waals surface area contributed by atoms with Gasteiger partial charge in [-0.1, -0.05) is 11.6 Å². The SMILES string of the molecule is Cl.Cl.NCc1cc(C(=O)N2CCN(CCOc3ccc(Cl)cc3)CC2)co1. The fourth-order valence-corrected chi connectivity index (χ4v) is 2.91. The second kappa shape index (κ2) is 11.4. The van der Waals surface area contributed by atoms with E-state index in [1.54, 1.807) is 6.07 Å². The van der Waals surface area contributed by atoms with E-state index in [4.69, 9.17) is 26.5 Å². The largest absolute Gasteiger partial charge is 0.492 e. The lowest BCUT2D eigenvalue weighted by Gasteiger charge is -2.34. The fourth-order valence-electron chi connectivity index (χ4n) is 2.78. The van der Waals surface area contributed by atoms with Crippen molar-refractivity contribution < 1.29 is 13.9 Å². The Morgan fingerprint density at radius 1 is 1.15 bits per heavy atom. The molecule has 1 aromatic heterocycles. The zero-order valence-corrected chi connectivity index (χ0v) is 17.2. The molecule has 2 heterocycles. The standard InChI is InChI=1S/C18H22ClN3O3.2ClH/c19-15-1-3-16(4-2-15)24-10-9-21-5-7-22(8-6-21)18(23)14-11-17(12-20)25-13-14;;/h1-4,11,13H,5-10,12,20H2;2*1H. The highest BCUT2D eigenvalue weighted by Gasteiger charge is 2.23. The van der Waals surface area contributed by atoms with Crippen LogP contribution in [0.1, 0.15) is 16.1 Å². The Kier molecular flexibility index (Phi) is 9.98. The molecule has 1 saturated heterocycles. The Labute approximate surface area is 176 Å². The van der Waals surface area contributed by atoms with Crippen molar-refractivity contribution in [2.75, 3.05) is 39.3 Å². The van der Waals surface area contributed by atoms with E-state index in [0.29, 0.717) is 42.6 Å². The van der Waals surface area contributed by atoms with Crippen LogP contribution in [0, 0.1) is 0 Å². The molecule has 6 nitrogen and oxygen atoms in total. The first-order chi connectivity index (χ1) is 12.2. The number of furan rings is 1. The molecule has 2 N–H and O–H groups in total. The van der Waals surface area contributed by atoms with Gasteiger partial charge in [0.15, 0.2) is 0 Å². The Morgan fingerprint density at radius 3 is 2.41 bits per heavy atom.